The van der Waals surface area contributed by atoms with Crippen molar-refractivity contribution in [3.8, 4) is 11.5 Å². The van der Waals surface area contributed by atoms with Crippen LogP contribution in [0.4, 0.5) is 0 Å². The van der Waals surface area contributed by atoms with E-state index in [-0.39, 0.29) is 18.2 Å². The van der Waals surface area contributed by atoms with Crippen molar-refractivity contribution < 1.29 is 4.42 Å². The smallest absolute Gasteiger partial charge is 0.247 e. The summed E-state index contributed by atoms with van der Waals surface area (Å²) >= 11 is 0. The number of benzene rings is 1. The van der Waals surface area contributed by atoms with Crippen molar-refractivity contribution >= 4 is 18.2 Å². The van der Waals surface area contributed by atoms with Gasteiger partial charge in [0.15, 0.2) is 0 Å². The third-order valence-electron chi connectivity index (χ3n) is 6.09. The second-order valence-electron chi connectivity index (χ2n) is 8.54. The molecule has 1 fully saturated rings. The standard InChI is InChI=1S/C24H36N4O.ClH/c1-2-3-4-5-6-7-8-9-10-11-13-19-14-12-15-20(18-19)21-27-28-23(29-21)24(16-17-24)22(25)26;/h12,14-15,18H,2-11,13,16-17H2,1H3,(H3,25,26);1H. The zero-order chi connectivity index (χ0) is 20.5. The molecule has 1 aromatic heterocycles. The molecule has 0 bridgehead atoms. The number of unbranched alkanes of at least 4 members (excludes halogenated alkanes) is 9. The SMILES string of the molecule is CCCCCCCCCCCCc1cccc(-c2nnc(C3(C(=N)N)CC3)o2)c1.Cl. The first kappa shape index (κ1) is 24.4. The lowest BCUT2D eigenvalue weighted by atomic mass is 10.0. The normalized spacial score (nSPS) is 14.3. The van der Waals surface area contributed by atoms with E-state index in [1.165, 1.54) is 69.8 Å². The summed E-state index contributed by atoms with van der Waals surface area (Å²) in [6, 6.07) is 8.39. The van der Waals surface area contributed by atoms with Crippen LogP contribution in [0, 0.1) is 5.41 Å². The van der Waals surface area contributed by atoms with Crippen LogP contribution >= 0.6 is 12.4 Å². The van der Waals surface area contributed by atoms with Gasteiger partial charge in [-0.3, -0.25) is 5.41 Å². The lowest BCUT2D eigenvalue weighted by Gasteiger charge is -2.06. The number of nitrogens with two attached hydrogens (primary N) is 1. The Labute approximate surface area is 187 Å². The second-order valence-corrected chi connectivity index (χ2v) is 8.54. The summed E-state index contributed by atoms with van der Waals surface area (Å²) in [6.07, 6.45) is 16.3. The first-order valence-corrected chi connectivity index (χ1v) is 11.4. The molecule has 0 aliphatic heterocycles. The molecule has 3 N–H and O–H groups in total. The molecule has 2 aromatic rings. The Morgan fingerprint density at radius 1 is 1.00 bits per heavy atom. The minimum Gasteiger partial charge on any atom is -0.420 e. The predicted octanol–water partition coefficient (Wildman–Crippen LogP) is 6.59. The molecule has 30 heavy (non-hydrogen) atoms. The van der Waals surface area contributed by atoms with Gasteiger partial charge in [-0.05, 0) is 43.4 Å². The van der Waals surface area contributed by atoms with Crippen molar-refractivity contribution in [2.75, 3.05) is 0 Å². The summed E-state index contributed by atoms with van der Waals surface area (Å²) in [6.45, 7) is 2.27. The van der Waals surface area contributed by atoms with E-state index in [1.807, 2.05) is 6.07 Å². The molecule has 1 aliphatic carbocycles. The van der Waals surface area contributed by atoms with Crippen molar-refractivity contribution in [1.82, 2.24) is 10.2 Å². The molecule has 1 aromatic carbocycles. The first-order chi connectivity index (χ1) is 14.2. The highest BCUT2D eigenvalue weighted by Gasteiger charge is 2.52. The van der Waals surface area contributed by atoms with E-state index in [1.54, 1.807) is 0 Å². The van der Waals surface area contributed by atoms with E-state index in [0.717, 1.165) is 24.8 Å². The van der Waals surface area contributed by atoms with Crippen molar-refractivity contribution in [3.63, 3.8) is 0 Å². The molecular weight excluding hydrogens is 396 g/mol. The maximum absolute atomic E-state index is 7.77. The summed E-state index contributed by atoms with van der Waals surface area (Å²) in [4.78, 5) is 0. The zero-order valence-corrected chi connectivity index (χ0v) is 19.1. The number of amidine groups is 1. The van der Waals surface area contributed by atoms with Crippen LogP contribution in [0.15, 0.2) is 28.7 Å². The van der Waals surface area contributed by atoms with Gasteiger partial charge in [-0.25, -0.2) is 0 Å². The van der Waals surface area contributed by atoms with Crippen molar-refractivity contribution in [2.45, 2.75) is 95.8 Å². The second kappa shape index (κ2) is 12.1. The van der Waals surface area contributed by atoms with E-state index < -0.39 is 5.41 Å². The Kier molecular flexibility index (Phi) is 9.83. The highest BCUT2D eigenvalue weighted by molar-refractivity contribution is 5.91. The highest BCUT2D eigenvalue weighted by Crippen LogP contribution is 2.47. The van der Waals surface area contributed by atoms with Crippen molar-refractivity contribution in [2.24, 2.45) is 5.73 Å². The van der Waals surface area contributed by atoms with Crippen LogP contribution in [-0.2, 0) is 11.8 Å². The molecule has 5 nitrogen and oxygen atoms in total. The van der Waals surface area contributed by atoms with Gasteiger partial charge in [0, 0.05) is 5.56 Å². The van der Waals surface area contributed by atoms with Gasteiger partial charge in [0.1, 0.15) is 11.3 Å². The number of nitrogens with zero attached hydrogens (tertiary/aromatic N) is 2. The van der Waals surface area contributed by atoms with Gasteiger partial charge in [0.25, 0.3) is 0 Å². The largest absolute Gasteiger partial charge is 0.420 e. The van der Waals surface area contributed by atoms with Crippen LogP contribution in [0.2, 0.25) is 0 Å². The fraction of sp³-hybridized carbons (Fsp3) is 0.625. The summed E-state index contributed by atoms with van der Waals surface area (Å²) in [7, 11) is 0. The zero-order valence-electron chi connectivity index (χ0n) is 18.3. The quantitative estimate of drug-likeness (QED) is 0.200. The molecule has 166 valence electrons. The van der Waals surface area contributed by atoms with Crippen LogP contribution in [0.5, 0.6) is 0 Å². The molecule has 1 heterocycles. The van der Waals surface area contributed by atoms with Gasteiger partial charge in [-0.15, -0.1) is 22.6 Å². The number of aromatic nitrogens is 2. The van der Waals surface area contributed by atoms with Crippen LogP contribution < -0.4 is 5.73 Å². The predicted molar refractivity (Wildman–Crippen MR) is 125 cm³/mol. The van der Waals surface area contributed by atoms with Gasteiger partial charge < -0.3 is 10.2 Å². The van der Waals surface area contributed by atoms with Crippen LogP contribution in [0.3, 0.4) is 0 Å². The lowest BCUT2D eigenvalue weighted by molar-refractivity contribution is 0.485. The van der Waals surface area contributed by atoms with Gasteiger partial charge in [-0.1, -0.05) is 76.8 Å². The molecule has 0 unspecified atom stereocenters. The number of hydrogen-bond acceptors (Lipinski definition) is 4. The number of aryl methyl sites for hydroxylation is 1. The number of nitrogens with one attached hydrogen (secondary N) is 1. The van der Waals surface area contributed by atoms with Gasteiger partial charge in [0.2, 0.25) is 11.8 Å². The number of hydrogen-bond donors (Lipinski definition) is 2. The minimum absolute atomic E-state index is 0. The lowest BCUT2D eigenvalue weighted by Crippen LogP contribution is -2.27. The van der Waals surface area contributed by atoms with Crippen LogP contribution in [0.25, 0.3) is 11.5 Å². The molecule has 1 saturated carbocycles. The average Bonchev–Trinajstić information content (AvgIpc) is 3.40. The Balaban J connectivity index is 0.00000320. The Bertz CT molecular complexity index is 785. The Morgan fingerprint density at radius 2 is 1.63 bits per heavy atom. The monoisotopic (exact) mass is 432 g/mol. The molecule has 3 rings (SSSR count). The first-order valence-electron chi connectivity index (χ1n) is 11.4. The van der Waals surface area contributed by atoms with E-state index >= 15 is 0 Å². The summed E-state index contributed by atoms with van der Waals surface area (Å²) < 4.78 is 5.88. The molecule has 6 heteroatoms. The topological polar surface area (TPSA) is 88.8 Å². The Hall–Kier alpha value is -1.88. The minimum atomic E-state index is -0.501. The molecule has 0 amide bonds. The summed E-state index contributed by atoms with van der Waals surface area (Å²) in [5.41, 5.74) is 7.48. The Morgan fingerprint density at radius 3 is 2.23 bits per heavy atom. The maximum Gasteiger partial charge on any atom is 0.247 e. The molecule has 0 saturated heterocycles. The molecule has 0 atom stereocenters. The fourth-order valence-corrected chi connectivity index (χ4v) is 3.93. The number of halogens is 1. The summed E-state index contributed by atoms with van der Waals surface area (Å²) in [5.74, 6) is 1.14. The molecule has 1 aliphatic rings. The fourth-order valence-electron chi connectivity index (χ4n) is 3.93. The van der Waals surface area contributed by atoms with E-state index in [4.69, 9.17) is 15.6 Å². The van der Waals surface area contributed by atoms with Crippen molar-refractivity contribution in [1.29, 1.82) is 5.41 Å². The summed E-state index contributed by atoms with van der Waals surface area (Å²) in [5, 5.41) is 16.1. The van der Waals surface area contributed by atoms with E-state index in [9.17, 15) is 0 Å². The molecule has 0 radical (unpaired) electrons. The van der Waals surface area contributed by atoms with Crippen LogP contribution in [0.1, 0.15) is 95.4 Å². The van der Waals surface area contributed by atoms with Crippen molar-refractivity contribution in [3.05, 3.63) is 35.7 Å². The third-order valence-corrected chi connectivity index (χ3v) is 6.09. The van der Waals surface area contributed by atoms with Gasteiger partial charge in [0.05, 0.1) is 0 Å². The number of rotatable bonds is 14. The highest BCUT2D eigenvalue weighted by atomic mass is 35.5. The maximum atomic E-state index is 7.77. The van der Waals surface area contributed by atoms with E-state index in [0.29, 0.717) is 11.8 Å². The average molecular weight is 433 g/mol. The third kappa shape index (κ3) is 6.56. The van der Waals surface area contributed by atoms with Crippen LogP contribution in [-0.4, -0.2) is 16.0 Å². The molecule has 0 spiro atoms. The van der Waals surface area contributed by atoms with Gasteiger partial charge in [-0.2, -0.15) is 0 Å². The van der Waals surface area contributed by atoms with Gasteiger partial charge >= 0.3 is 0 Å². The van der Waals surface area contributed by atoms with E-state index in [2.05, 4.69) is 35.3 Å². The molecular formula is C24H37ClN4O.